The second-order valence-electron chi connectivity index (χ2n) is 7.39. The highest BCUT2D eigenvalue weighted by Gasteiger charge is 2.15. The van der Waals surface area contributed by atoms with Crippen molar-refractivity contribution in [3.05, 3.63) is 95.3 Å². The molecule has 33 heavy (non-hydrogen) atoms. The number of pyridine rings is 2. The minimum absolute atomic E-state index is 0.263. The topological polar surface area (TPSA) is 122 Å². The van der Waals surface area contributed by atoms with E-state index in [4.69, 9.17) is 5.73 Å². The summed E-state index contributed by atoms with van der Waals surface area (Å²) in [7, 11) is 0. The van der Waals surface area contributed by atoms with E-state index >= 15 is 0 Å². The molecule has 0 aliphatic carbocycles. The number of hydrogen-bond acceptors (Lipinski definition) is 6. The number of anilines is 1. The van der Waals surface area contributed by atoms with E-state index in [1.165, 1.54) is 12.1 Å². The predicted molar refractivity (Wildman–Crippen MR) is 124 cm³/mol. The fourth-order valence-corrected chi connectivity index (χ4v) is 3.35. The Hall–Kier alpha value is -4.11. The van der Waals surface area contributed by atoms with Crippen LogP contribution in [0.1, 0.15) is 27.3 Å². The number of carbonyl (C=O) groups excluding carboxylic acids is 1. The number of H-pyrrole nitrogens is 1. The van der Waals surface area contributed by atoms with Crippen LogP contribution in [0.2, 0.25) is 0 Å². The highest BCUT2D eigenvalue weighted by molar-refractivity contribution is 5.99. The van der Waals surface area contributed by atoms with Crippen molar-refractivity contribution >= 4 is 11.7 Å². The maximum atomic E-state index is 13.5. The molecule has 4 rings (SSSR count). The highest BCUT2D eigenvalue weighted by Crippen LogP contribution is 2.21. The first-order valence-corrected chi connectivity index (χ1v) is 10.5. The molecular weight excluding hydrogens is 421 g/mol. The minimum Gasteiger partial charge on any atom is -0.369 e. The largest absolute Gasteiger partial charge is 0.369 e. The number of nitrogens with one attached hydrogen (secondary N) is 3. The Labute approximate surface area is 190 Å². The second-order valence-corrected chi connectivity index (χ2v) is 7.39. The van der Waals surface area contributed by atoms with Gasteiger partial charge in [-0.2, -0.15) is 5.10 Å². The lowest BCUT2D eigenvalue weighted by atomic mass is 10.1. The monoisotopic (exact) mass is 445 g/mol. The van der Waals surface area contributed by atoms with Gasteiger partial charge in [0.1, 0.15) is 11.6 Å². The Morgan fingerprint density at radius 1 is 1.06 bits per heavy atom. The zero-order valence-electron chi connectivity index (χ0n) is 17.9. The average molecular weight is 446 g/mol. The van der Waals surface area contributed by atoms with Gasteiger partial charge in [-0.3, -0.25) is 14.9 Å². The van der Waals surface area contributed by atoms with Crippen LogP contribution in [0, 0.1) is 5.82 Å². The van der Waals surface area contributed by atoms with Crippen LogP contribution in [0.3, 0.4) is 0 Å². The van der Waals surface area contributed by atoms with Crippen molar-refractivity contribution in [3.63, 3.8) is 0 Å². The molecule has 0 atom stereocenters. The lowest BCUT2D eigenvalue weighted by Crippen LogP contribution is -2.25. The fraction of sp³-hybridized carbons (Fsp3) is 0.167. The summed E-state index contributed by atoms with van der Waals surface area (Å²) in [6.07, 6.45) is 3.97. The summed E-state index contributed by atoms with van der Waals surface area (Å²) in [6.45, 7) is 1.07. The van der Waals surface area contributed by atoms with Crippen molar-refractivity contribution in [1.82, 2.24) is 25.5 Å². The van der Waals surface area contributed by atoms with Crippen molar-refractivity contribution < 1.29 is 9.18 Å². The normalized spacial score (nSPS) is 10.7. The fourth-order valence-electron chi connectivity index (χ4n) is 3.35. The van der Waals surface area contributed by atoms with Crippen molar-refractivity contribution in [2.75, 3.05) is 11.9 Å². The molecular formula is C24H24FN7O. The molecule has 0 aliphatic rings. The summed E-state index contributed by atoms with van der Waals surface area (Å²) < 4.78 is 13.5. The van der Waals surface area contributed by atoms with Gasteiger partial charge in [0, 0.05) is 24.8 Å². The lowest BCUT2D eigenvalue weighted by molar-refractivity contribution is 0.0951. The first kappa shape index (κ1) is 22.1. The van der Waals surface area contributed by atoms with Crippen LogP contribution in [0.5, 0.6) is 0 Å². The smallest absolute Gasteiger partial charge is 0.255 e. The molecule has 9 heteroatoms. The minimum atomic E-state index is -0.283. The Balaban J connectivity index is 1.50. The van der Waals surface area contributed by atoms with E-state index in [9.17, 15) is 9.18 Å². The van der Waals surface area contributed by atoms with Crippen LogP contribution in [0.4, 0.5) is 10.2 Å². The summed E-state index contributed by atoms with van der Waals surface area (Å²) in [5, 5.41) is 12.8. The van der Waals surface area contributed by atoms with E-state index in [-0.39, 0.29) is 18.3 Å². The number of carbonyl (C=O) groups is 1. The number of halogens is 1. The van der Waals surface area contributed by atoms with Crippen LogP contribution in [-0.4, -0.2) is 32.6 Å². The van der Waals surface area contributed by atoms with E-state index in [0.717, 1.165) is 22.5 Å². The molecule has 4 aromatic rings. The number of hydrogen-bond donors (Lipinski definition) is 4. The number of aromatic amines is 1. The van der Waals surface area contributed by atoms with Gasteiger partial charge < -0.3 is 16.4 Å². The van der Waals surface area contributed by atoms with Crippen molar-refractivity contribution in [3.8, 4) is 11.3 Å². The zero-order chi connectivity index (χ0) is 23.0. The molecule has 0 aliphatic heterocycles. The van der Waals surface area contributed by atoms with E-state index in [1.54, 1.807) is 30.6 Å². The molecule has 168 valence electrons. The average Bonchev–Trinajstić information content (AvgIpc) is 3.38. The van der Waals surface area contributed by atoms with Gasteiger partial charge in [-0.25, -0.2) is 9.37 Å². The summed E-state index contributed by atoms with van der Waals surface area (Å²) in [5.41, 5.74) is 9.84. The van der Waals surface area contributed by atoms with Gasteiger partial charge in [-0.15, -0.1) is 0 Å². The molecule has 3 aromatic heterocycles. The molecule has 1 aromatic carbocycles. The third-order valence-corrected chi connectivity index (χ3v) is 5.03. The third-order valence-electron chi connectivity index (χ3n) is 5.03. The summed E-state index contributed by atoms with van der Waals surface area (Å²) in [4.78, 5) is 22.0. The number of amides is 1. The second kappa shape index (κ2) is 10.5. The summed E-state index contributed by atoms with van der Waals surface area (Å²) in [6, 6.07) is 15.5. The van der Waals surface area contributed by atoms with Gasteiger partial charge in [-0.05, 0) is 48.4 Å². The van der Waals surface area contributed by atoms with E-state index in [1.807, 2.05) is 24.3 Å². The molecule has 0 spiro atoms. The lowest BCUT2D eigenvalue weighted by Gasteiger charge is -2.13. The quantitative estimate of drug-likeness (QED) is 0.314. The third kappa shape index (κ3) is 5.78. The molecule has 1 amide bonds. The zero-order valence-corrected chi connectivity index (χ0v) is 17.9. The van der Waals surface area contributed by atoms with E-state index < -0.39 is 0 Å². The Morgan fingerprint density at radius 2 is 1.91 bits per heavy atom. The summed E-state index contributed by atoms with van der Waals surface area (Å²) >= 11 is 0. The molecule has 0 saturated heterocycles. The molecule has 5 N–H and O–H groups in total. The number of aromatic nitrogens is 4. The van der Waals surface area contributed by atoms with Crippen molar-refractivity contribution in [2.45, 2.75) is 19.5 Å². The van der Waals surface area contributed by atoms with Gasteiger partial charge in [-0.1, -0.05) is 18.2 Å². The highest BCUT2D eigenvalue weighted by atomic mass is 19.1. The molecule has 3 heterocycles. The van der Waals surface area contributed by atoms with Crippen LogP contribution in [-0.2, 0) is 19.5 Å². The van der Waals surface area contributed by atoms with Crippen LogP contribution in [0.25, 0.3) is 11.3 Å². The molecule has 0 saturated carbocycles. The van der Waals surface area contributed by atoms with Crippen molar-refractivity contribution in [2.24, 2.45) is 5.73 Å². The van der Waals surface area contributed by atoms with E-state index in [2.05, 4.69) is 30.8 Å². The van der Waals surface area contributed by atoms with Crippen LogP contribution < -0.4 is 16.4 Å². The number of rotatable bonds is 9. The number of nitrogens with two attached hydrogens (primary N) is 1. The van der Waals surface area contributed by atoms with E-state index in [0.29, 0.717) is 36.6 Å². The molecule has 8 nitrogen and oxygen atoms in total. The van der Waals surface area contributed by atoms with Gasteiger partial charge in [0.25, 0.3) is 5.91 Å². The first-order chi connectivity index (χ1) is 16.1. The number of nitrogens with zero attached hydrogens (tertiary/aromatic N) is 3. The van der Waals surface area contributed by atoms with Crippen LogP contribution in [0.15, 0.2) is 67.0 Å². The van der Waals surface area contributed by atoms with Gasteiger partial charge in [0.2, 0.25) is 0 Å². The van der Waals surface area contributed by atoms with Crippen molar-refractivity contribution in [1.29, 1.82) is 0 Å². The first-order valence-electron chi connectivity index (χ1n) is 10.5. The van der Waals surface area contributed by atoms with Gasteiger partial charge >= 0.3 is 0 Å². The Bertz CT molecular complexity index is 1230. The standard InChI is InChI=1S/C24H24FN7O/c25-18-4-1-3-16(11-18)9-10-27-23-21(7-8-22(32-23)17-13-29-30-14-17)24(33)28-15-20-6-2-5-19(12-26)31-20/h1-8,11,13-14H,9-10,12,15,26H2,(H,27,32)(H,28,33)(H,29,30). The summed E-state index contributed by atoms with van der Waals surface area (Å²) in [5.74, 6) is -0.124. The Morgan fingerprint density at radius 3 is 2.70 bits per heavy atom. The predicted octanol–water partition coefficient (Wildman–Crippen LogP) is 3.05. The SMILES string of the molecule is NCc1cccc(CNC(=O)c2ccc(-c3cn[nH]c3)nc2NCCc2cccc(F)c2)n1. The van der Waals surface area contributed by atoms with Gasteiger partial charge in [0.15, 0.2) is 0 Å². The maximum Gasteiger partial charge on any atom is 0.255 e. The number of benzene rings is 1. The molecule has 0 unspecified atom stereocenters. The van der Waals surface area contributed by atoms with Crippen LogP contribution >= 0.6 is 0 Å². The Kier molecular flexibility index (Phi) is 7.01. The molecule has 0 bridgehead atoms. The van der Waals surface area contributed by atoms with Gasteiger partial charge in [0.05, 0.1) is 35.4 Å². The molecule has 0 fully saturated rings. The molecule has 0 radical (unpaired) electrons. The maximum absolute atomic E-state index is 13.5.